The molecule has 0 radical (unpaired) electrons. The second-order valence-electron chi connectivity index (χ2n) is 7.29. The zero-order chi connectivity index (χ0) is 24.1. The Bertz CT molecular complexity index is 846. The van der Waals surface area contributed by atoms with Gasteiger partial charge in [-0.15, -0.1) is 0 Å². The summed E-state index contributed by atoms with van der Waals surface area (Å²) >= 11 is 0. The van der Waals surface area contributed by atoms with Gasteiger partial charge in [-0.25, -0.2) is 0 Å². The molecule has 0 bridgehead atoms. The minimum atomic E-state index is -1.27. The van der Waals surface area contributed by atoms with Gasteiger partial charge in [-0.1, -0.05) is 60.7 Å². The summed E-state index contributed by atoms with van der Waals surface area (Å²) in [5, 5.41) is 20.0. The number of carbonyl (C=O) groups excluding carboxylic acids is 2. The summed E-state index contributed by atoms with van der Waals surface area (Å²) in [7, 11) is -2.54. The molecule has 176 valence electrons. The van der Waals surface area contributed by atoms with E-state index in [-0.39, 0.29) is 0 Å². The highest BCUT2D eigenvalue weighted by molar-refractivity contribution is 6.47. The largest absolute Gasteiger partial charge is 0.481 e. The van der Waals surface area contributed by atoms with Gasteiger partial charge in [0, 0.05) is 0 Å². The lowest BCUT2D eigenvalue weighted by molar-refractivity contribution is -0.161. The molecule has 0 aliphatic heterocycles. The maximum Gasteiger partial charge on any atom is 0.316 e. The number of aliphatic carboxylic acids is 2. The van der Waals surface area contributed by atoms with Crippen LogP contribution in [0.3, 0.4) is 0 Å². The molecule has 0 spiro atoms. The van der Waals surface area contributed by atoms with Crippen LogP contribution in [0.4, 0.5) is 0 Å². The second-order valence-corrected chi connectivity index (χ2v) is 10.2. The fourth-order valence-corrected chi connectivity index (χ4v) is 5.19. The molecular formula is C22H26O9Si2. The van der Waals surface area contributed by atoms with Crippen molar-refractivity contribution in [1.29, 1.82) is 0 Å². The van der Waals surface area contributed by atoms with Crippen LogP contribution in [0.15, 0.2) is 60.7 Å². The first-order valence-corrected chi connectivity index (χ1v) is 12.9. The SMILES string of the molecule is O=C(O)CC(CC(=O)OC(=O)CC(CC(=O)O)O[SiH2]c1ccccc1)O[SiH2]c1ccccc1. The van der Waals surface area contributed by atoms with Gasteiger partial charge in [0.25, 0.3) is 0 Å². The quantitative estimate of drug-likeness (QED) is 0.202. The number of hydrogen-bond acceptors (Lipinski definition) is 7. The lowest BCUT2D eigenvalue weighted by atomic mass is 10.2. The average Bonchev–Trinajstić information content (AvgIpc) is 2.76. The predicted octanol–water partition coefficient (Wildman–Crippen LogP) is -0.625. The summed E-state index contributed by atoms with van der Waals surface area (Å²) in [6, 6.07) is 18.4. The lowest BCUT2D eigenvalue weighted by Gasteiger charge is -2.17. The monoisotopic (exact) mass is 490 g/mol. The van der Waals surface area contributed by atoms with E-state index in [2.05, 4.69) is 0 Å². The smallest absolute Gasteiger partial charge is 0.316 e. The number of carbonyl (C=O) groups is 4. The van der Waals surface area contributed by atoms with Gasteiger partial charge in [0.05, 0.1) is 37.9 Å². The number of ether oxygens (including phenoxy) is 1. The minimum absolute atomic E-state index is 0.402. The van der Waals surface area contributed by atoms with E-state index in [0.29, 0.717) is 0 Å². The molecule has 0 aromatic heterocycles. The number of carboxylic acids is 2. The van der Waals surface area contributed by atoms with E-state index < -0.39 is 81.3 Å². The molecule has 2 aromatic rings. The second kappa shape index (κ2) is 14.1. The number of esters is 2. The normalized spacial score (nSPS) is 13.2. The minimum Gasteiger partial charge on any atom is -0.481 e. The maximum absolute atomic E-state index is 12.2. The molecular weight excluding hydrogens is 464 g/mol. The predicted molar refractivity (Wildman–Crippen MR) is 124 cm³/mol. The molecule has 0 aliphatic carbocycles. The topological polar surface area (TPSA) is 136 Å². The van der Waals surface area contributed by atoms with Gasteiger partial charge in [-0.05, 0) is 10.4 Å². The van der Waals surface area contributed by atoms with E-state index in [1.54, 1.807) is 0 Å². The third-order valence-corrected chi connectivity index (χ3v) is 7.36. The number of benzene rings is 2. The molecule has 0 amide bonds. The summed E-state index contributed by atoms with van der Waals surface area (Å²) in [5.74, 6) is -4.13. The highest BCUT2D eigenvalue weighted by Gasteiger charge is 2.24. The number of carboxylic acid groups (broad SMARTS) is 2. The van der Waals surface area contributed by atoms with Gasteiger partial charge in [0.2, 0.25) is 0 Å². The Labute approximate surface area is 195 Å². The van der Waals surface area contributed by atoms with Crippen molar-refractivity contribution in [3.8, 4) is 0 Å². The maximum atomic E-state index is 12.2. The highest BCUT2D eigenvalue weighted by atomic mass is 28.2. The van der Waals surface area contributed by atoms with Crippen LogP contribution in [0, 0.1) is 0 Å². The molecule has 33 heavy (non-hydrogen) atoms. The Morgan fingerprint density at radius 1 is 0.636 bits per heavy atom. The van der Waals surface area contributed by atoms with Crippen LogP contribution < -0.4 is 10.4 Å². The van der Waals surface area contributed by atoms with Crippen LogP contribution in [0.25, 0.3) is 0 Å². The Morgan fingerprint density at radius 2 is 1.00 bits per heavy atom. The molecule has 2 aromatic carbocycles. The van der Waals surface area contributed by atoms with Gasteiger partial charge in [-0.2, -0.15) is 0 Å². The Hall–Kier alpha value is -3.13. The Balaban J connectivity index is 1.86. The van der Waals surface area contributed by atoms with Gasteiger partial charge in [0.1, 0.15) is 0 Å². The van der Waals surface area contributed by atoms with E-state index >= 15 is 0 Å². The molecule has 2 atom stereocenters. The van der Waals surface area contributed by atoms with Gasteiger partial charge >= 0.3 is 23.9 Å². The molecule has 0 heterocycles. The molecule has 0 saturated heterocycles. The highest BCUT2D eigenvalue weighted by Crippen LogP contribution is 2.09. The van der Waals surface area contributed by atoms with Crippen molar-refractivity contribution in [2.45, 2.75) is 37.9 Å². The fraction of sp³-hybridized carbons (Fsp3) is 0.273. The van der Waals surface area contributed by atoms with Crippen LogP contribution >= 0.6 is 0 Å². The van der Waals surface area contributed by atoms with Crippen LogP contribution in [0.2, 0.25) is 0 Å². The Morgan fingerprint density at radius 3 is 1.33 bits per heavy atom. The molecule has 0 saturated carbocycles. The van der Waals surface area contributed by atoms with Gasteiger partial charge in [-0.3, -0.25) is 19.2 Å². The zero-order valence-electron chi connectivity index (χ0n) is 17.9. The molecule has 2 rings (SSSR count). The van der Waals surface area contributed by atoms with Gasteiger partial charge in [0.15, 0.2) is 19.5 Å². The third kappa shape index (κ3) is 11.3. The van der Waals surface area contributed by atoms with Crippen molar-refractivity contribution < 1.29 is 43.0 Å². The number of hydrogen-bond donors (Lipinski definition) is 2. The average molecular weight is 491 g/mol. The fourth-order valence-electron chi connectivity index (χ4n) is 2.93. The molecule has 2 N–H and O–H groups in total. The molecule has 2 unspecified atom stereocenters. The lowest BCUT2D eigenvalue weighted by Crippen LogP contribution is -2.31. The summed E-state index contributed by atoms with van der Waals surface area (Å²) < 4.78 is 16.1. The van der Waals surface area contributed by atoms with Crippen molar-refractivity contribution in [3.63, 3.8) is 0 Å². The first-order valence-electron chi connectivity index (χ1n) is 10.3. The van der Waals surface area contributed by atoms with Crippen LogP contribution in [-0.4, -0.2) is 65.8 Å². The Kier molecular flexibility index (Phi) is 11.2. The zero-order valence-corrected chi connectivity index (χ0v) is 20.8. The standard InChI is InChI=1S/C22H26O9Si2/c23-19(24)11-15(30-32-17-7-3-1-4-8-17)13-21(27)29-22(28)14-16(12-20(25)26)31-33-18-9-5-2-6-10-18/h1-10,15-16H,11-14,32-33H2,(H,23,24)(H,25,26). The molecule has 9 nitrogen and oxygen atoms in total. The van der Waals surface area contributed by atoms with Crippen molar-refractivity contribution >= 4 is 53.8 Å². The van der Waals surface area contributed by atoms with E-state index in [0.717, 1.165) is 10.4 Å². The van der Waals surface area contributed by atoms with Crippen LogP contribution in [0.5, 0.6) is 0 Å². The summed E-state index contributed by atoms with van der Waals surface area (Å²) in [5.41, 5.74) is 0. The molecule has 11 heteroatoms. The van der Waals surface area contributed by atoms with Crippen LogP contribution in [-0.2, 0) is 32.8 Å². The summed E-state index contributed by atoms with van der Waals surface area (Å²) in [6.07, 6.45) is -3.47. The first-order chi connectivity index (χ1) is 15.8. The van der Waals surface area contributed by atoms with E-state index in [1.807, 2.05) is 60.7 Å². The van der Waals surface area contributed by atoms with Crippen LogP contribution in [0.1, 0.15) is 25.7 Å². The number of rotatable bonds is 14. The molecule has 0 fully saturated rings. The van der Waals surface area contributed by atoms with Crippen molar-refractivity contribution in [3.05, 3.63) is 60.7 Å². The van der Waals surface area contributed by atoms with E-state index in [1.165, 1.54) is 0 Å². The van der Waals surface area contributed by atoms with E-state index in [9.17, 15) is 19.2 Å². The summed E-state index contributed by atoms with van der Waals surface area (Å²) in [6.45, 7) is 0. The third-order valence-electron chi connectivity index (χ3n) is 4.48. The van der Waals surface area contributed by atoms with E-state index in [4.69, 9.17) is 23.8 Å². The van der Waals surface area contributed by atoms with Crippen molar-refractivity contribution in [1.82, 2.24) is 0 Å². The summed E-state index contributed by atoms with van der Waals surface area (Å²) in [4.78, 5) is 46.6. The van der Waals surface area contributed by atoms with Crippen molar-refractivity contribution in [2.75, 3.05) is 0 Å². The van der Waals surface area contributed by atoms with Gasteiger partial charge < -0.3 is 23.8 Å². The van der Waals surface area contributed by atoms with Crippen molar-refractivity contribution in [2.24, 2.45) is 0 Å². The first kappa shape index (κ1) is 26.1. The molecule has 0 aliphatic rings.